The molecule has 3 aliphatic rings. The van der Waals surface area contributed by atoms with Gasteiger partial charge in [-0.1, -0.05) is 12.8 Å². The average Bonchev–Trinajstić information content (AvgIpc) is 3.31. The summed E-state index contributed by atoms with van der Waals surface area (Å²) in [6.45, 7) is 2.81. The van der Waals surface area contributed by atoms with E-state index >= 15 is 0 Å². The fourth-order valence-corrected chi connectivity index (χ4v) is 4.94. The van der Waals surface area contributed by atoms with Gasteiger partial charge in [-0.2, -0.15) is 0 Å². The maximum absolute atomic E-state index is 12.7. The minimum atomic E-state index is -0.820. The van der Waals surface area contributed by atoms with Gasteiger partial charge in [0.05, 0.1) is 6.54 Å². The normalized spacial score (nSPS) is 30.1. The van der Waals surface area contributed by atoms with Crippen molar-refractivity contribution in [3.05, 3.63) is 18.2 Å². The molecule has 1 N–H and O–H groups in total. The maximum Gasteiger partial charge on any atom is 0.313 e. The van der Waals surface area contributed by atoms with E-state index in [4.69, 9.17) is 0 Å². The van der Waals surface area contributed by atoms with Gasteiger partial charge in [0.1, 0.15) is 11.2 Å². The van der Waals surface area contributed by atoms with Crippen molar-refractivity contribution < 1.29 is 14.7 Å². The van der Waals surface area contributed by atoms with Crippen molar-refractivity contribution in [2.24, 2.45) is 24.3 Å². The third-order valence-electron chi connectivity index (χ3n) is 6.41. The standard InChI is InChI=1S/C18H26N4O3/c1-20-7-6-19-15(20)10-21-8-14-9-22(12-18(14,11-21)17(24)25)16(23)13-4-2-3-5-13/h6-7,13-14H,2-5,8-12H2,1H3,(H,24,25)/t14-,18-/m0/s1. The first-order chi connectivity index (χ1) is 12.0. The molecule has 2 atom stereocenters. The second kappa shape index (κ2) is 6.12. The number of rotatable bonds is 4. The van der Waals surface area contributed by atoms with Crippen LogP contribution in [0.1, 0.15) is 31.5 Å². The van der Waals surface area contributed by atoms with Gasteiger partial charge in [0.2, 0.25) is 5.91 Å². The molecule has 136 valence electrons. The summed E-state index contributed by atoms with van der Waals surface area (Å²) in [5.41, 5.74) is -0.820. The van der Waals surface area contributed by atoms with E-state index in [0.717, 1.165) is 31.5 Å². The Kier molecular flexibility index (Phi) is 4.06. The second-order valence-electron chi connectivity index (χ2n) is 7.98. The van der Waals surface area contributed by atoms with Crippen LogP contribution in [0, 0.1) is 17.3 Å². The summed E-state index contributed by atoms with van der Waals surface area (Å²) in [6, 6.07) is 0. The number of carbonyl (C=O) groups is 2. The highest BCUT2D eigenvalue weighted by Gasteiger charge is 2.58. The van der Waals surface area contributed by atoms with Crippen LogP contribution >= 0.6 is 0 Å². The van der Waals surface area contributed by atoms with E-state index in [-0.39, 0.29) is 17.7 Å². The van der Waals surface area contributed by atoms with Crippen molar-refractivity contribution in [2.45, 2.75) is 32.2 Å². The SMILES string of the molecule is Cn1ccnc1CN1C[C@H]2CN(C(=O)C3CCCC3)C[C@@]2(C(=O)O)C1. The number of aliphatic carboxylic acids is 1. The molecule has 0 bridgehead atoms. The Morgan fingerprint density at radius 1 is 1.28 bits per heavy atom. The first-order valence-corrected chi connectivity index (χ1v) is 9.20. The summed E-state index contributed by atoms with van der Waals surface area (Å²) in [5, 5.41) is 9.95. The fourth-order valence-electron chi connectivity index (χ4n) is 4.94. The lowest BCUT2D eigenvalue weighted by atomic mass is 9.81. The first kappa shape index (κ1) is 16.6. The molecule has 1 aliphatic carbocycles. The third-order valence-corrected chi connectivity index (χ3v) is 6.41. The summed E-state index contributed by atoms with van der Waals surface area (Å²) < 4.78 is 1.97. The molecule has 0 unspecified atom stereocenters. The number of carbonyl (C=O) groups excluding carboxylic acids is 1. The molecule has 2 saturated heterocycles. The predicted molar refractivity (Wildman–Crippen MR) is 90.6 cm³/mol. The molecule has 1 amide bonds. The van der Waals surface area contributed by atoms with Crippen LogP contribution in [0.5, 0.6) is 0 Å². The van der Waals surface area contributed by atoms with E-state index in [0.29, 0.717) is 32.7 Å². The highest BCUT2D eigenvalue weighted by atomic mass is 16.4. The predicted octanol–water partition coefficient (Wildman–Crippen LogP) is 0.955. The van der Waals surface area contributed by atoms with Gasteiger partial charge in [-0.25, -0.2) is 4.98 Å². The molecule has 3 fully saturated rings. The van der Waals surface area contributed by atoms with E-state index < -0.39 is 11.4 Å². The minimum absolute atomic E-state index is 0.00983. The molecule has 4 rings (SSSR count). The number of nitrogens with zero attached hydrogens (tertiary/aromatic N) is 4. The molecule has 0 spiro atoms. The zero-order chi connectivity index (χ0) is 17.6. The van der Waals surface area contributed by atoms with Gasteiger partial charge in [-0.05, 0) is 12.8 Å². The van der Waals surface area contributed by atoms with Crippen molar-refractivity contribution in [3.8, 4) is 0 Å². The van der Waals surface area contributed by atoms with E-state index in [1.54, 1.807) is 6.20 Å². The van der Waals surface area contributed by atoms with Crippen molar-refractivity contribution in [1.29, 1.82) is 0 Å². The molecule has 7 nitrogen and oxygen atoms in total. The number of likely N-dealkylation sites (tertiary alicyclic amines) is 2. The molecular weight excluding hydrogens is 320 g/mol. The Balaban J connectivity index is 1.47. The Hall–Kier alpha value is -1.89. The number of imidazole rings is 1. The quantitative estimate of drug-likeness (QED) is 0.878. The Morgan fingerprint density at radius 2 is 2.04 bits per heavy atom. The number of carboxylic acid groups (broad SMARTS) is 1. The van der Waals surface area contributed by atoms with Gasteiger partial charge in [0.15, 0.2) is 0 Å². The molecule has 0 radical (unpaired) electrons. The minimum Gasteiger partial charge on any atom is -0.481 e. The van der Waals surface area contributed by atoms with Crippen LogP contribution in [-0.4, -0.2) is 62.5 Å². The van der Waals surface area contributed by atoms with Gasteiger partial charge < -0.3 is 14.6 Å². The summed E-state index contributed by atoms with van der Waals surface area (Å²) in [4.78, 5) is 33.2. The van der Waals surface area contributed by atoms with Crippen LogP contribution in [-0.2, 0) is 23.2 Å². The van der Waals surface area contributed by atoms with Gasteiger partial charge in [0, 0.05) is 57.5 Å². The topological polar surface area (TPSA) is 78.7 Å². The molecule has 25 heavy (non-hydrogen) atoms. The molecule has 0 aromatic carbocycles. The molecule has 1 aromatic heterocycles. The summed E-state index contributed by atoms with van der Waals surface area (Å²) >= 11 is 0. The first-order valence-electron chi connectivity index (χ1n) is 9.20. The van der Waals surface area contributed by atoms with E-state index in [9.17, 15) is 14.7 Å². The maximum atomic E-state index is 12.7. The lowest BCUT2D eigenvalue weighted by Crippen LogP contribution is -2.43. The zero-order valence-corrected chi connectivity index (χ0v) is 14.7. The summed E-state index contributed by atoms with van der Waals surface area (Å²) in [6.07, 6.45) is 7.84. The Morgan fingerprint density at radius 3 is 2.64 bits per heavy atom. The van der Waals surface area contributed by atoms with Crippen LogP contribution in [0.4, 0.5) is 0 Å². The van der Waals surface area contributed by atoms with Crippen LogP contribution < -0.4 is 0 Å². The molecule has 7 heteroatoms. The van der Waals surface area contributed by atoms with Gasteiger partial charge >= 0.3 is 5.97 Å². The van der Waals surface area contributed by atoms with E-state index in [1.165, 1.54) is 0 Å². The van der Waals surface area contributed by atoms with Crippen LogP contribution in [0.25, 0.3) is 0 Å². The van der Waals surface area contributed by atoms with Crippen molar-refractivity contribution >= 4 is 11.9 Å². The van der Waals surface area contributed by atoms with Crippen molar-refractivity contribution in [1.82, 2.24) is 19.4 Å². The number of aryl methyl sites for hydroxylation is 1. The van der Waals surface area contributed by atoms with Crippen LogP contribution in [0.3, 0.4) is 0 Å². The average molecular weight is 346 g/mol. The smallest absolute Gasteiger partial charge is 0.313 e. The number of carboxylic acids is 1. The van der Waals surface area contributed by atoms with Gasteiger partial charge in [-0.3, -0.25) is 14.5 Å². The summed E-state index contributed by atoms with van der Waals surface area (Å²) in [7, 11) is 1.95. The lowest BCUT2D eigenvalue weighted by molar-refractivity contribution is -0.149. The van der Waals surface area contributed by atoms with Gasteiger partial charge in [-0.15, -0.1) is 0 Å². The lowest BCUT2D eigenvalue weighted by Gasteiger charge is -2.26. The zero-order valence-electron chi connectivity index (χ0n) is 14.7. The molecular formula is C18H26N4O3. The number of fused-ring (bicyclic) bond motifs is 1. The Labute approximate surface area is 147 Å². The largest absolute Gasteiger partial charge is 0.481 e. The summed E-state index contributed by atoms with van der Waals surface area (Å²) in [5.74, 6) is 0.494. The highest BCUT2D eigenvalue weighted by Crippen LogP contribution is 2.44. The van der Waals surface area contributed by atoms with E-state index in [2.05, 4.69) is 9.88 Å². The molecule has 1 saturated carbocycles. The van der Waals surface area contributed by atoms with Crippen molar-refractivity contribution in [3.63, 3.8) is 0 Å². The van der Waals surface area contributed by atoms with Crippen LogP contribution in [0.15, 0.2) is 12.4 Å². The number of hydrogen-bond acceptors (Lipinski definition) is 4. The monoisotopic (exact) mass is 346 g/mol. The Bertz CT molecular complexity index is 682. The third kappa shape index (κ3) is 2.74. The fraction of sp³-hybridized carbons (Fsp3) is 0.722. The van der Waals surface area contributed by atoms with Gasteiger partial charge in [0.25, 0.3) is 0 Å². The molecule has 1 aromatic rings. The highest BCUT2D eigenvalue weighted by molar-refractivity contribution is 5.83. The number of amides is 1. The van der Waals surface area contributed by atoms with Crippen LogP contribution in [0.2, 0.25) is 0 Å². The number of hydrogen-bond donors (Lipinski definition) is 1. The molecule has 2 aliphatic heterocycles. The van der Waals surface area contributed by atoms with E-state index in [1.807, 2.05) is 22.7 Å². The van der Waals surface area contributed by atoms with Crippen molar-refractivity contribution in [2.75, 3.05) is 26.2 Å². The second-order valence-corrected chi connectivity index (χ2v) is 7.98. The molecule has 3 heterocycles. The number of aromatic nitrogens is 2.